The van der Waals surface area contributed by atoms with Crippen LogP contribution < -0.4 is 5.73 Å². The second-order valence-corrected chi connectivity index (χ2v) is 9.21. The number of aromatic nitrogens is 7. The summed E-state index contributed by atoms with van der Waals surface area (Å²) in [5, 5.41) is 7.51. The minimum atomic E-state index is -0.361. The van der Waals surface area contributed by atoms with Crippen LogP contribution in [0.15, 0.2) is 67.3 Å². The number of nitrogens with zero attached hydrogens (tertiary/aromatic N) is 6. The SMILES string of the molecule is CN(C)CC(N)c1cc(F)cc(-c2cncc3[nH]c(-c4n[nH]c5ccc(-c6ccncc6)nc45)nc23)c1. The molecule has 184 valence electrons. The van der Waals surface area contributed by atoms with Gasteiger partial charge in [-0.05, 0) is 67.7 Å². The Hall–Kier alpha value is -4.54. The van der Waals surface area contributed by atoms with Crippen molar-refractivity contribution in [2.75, 3.05) is 20.6 Å². The number of benzene rings is 1. The standard InChI is InChI=1S/C27H24FN9/c1-37(2)14-20(29)17-9-16(10-18(28)11-17)19-12-31-13-23-24(19)34-27(33-23)26-25-22(35-36-26)4-3-21(32-25)15-5-7-30-8-6-15/h3-13,20H,14,29H2,1-2H3,(H,33,34)(H,35,36). The summed E-state index contributed by atoms with van der Waals surface area (Å²) in [6.45, 7) is 0.596. The van der Waals surface area contributed by atoms with Crippen LogP contribution in [-0.2, 0) is 0 Å². The number of fused-ring (bicyclic) bond motifs is 2. The van der Waals surface area contributed by atoms with E-state index in [1.807, 2.05) is 49.3 Å². The number of rotatable bonds is 6. The van der Waals surface area contributed by atoms with Gasteiger partial charge in [-0.25, -0.2) is 14.4 Å². The van der Waals surface area contributed by atoms with Gasteiger partial charge >= 0.3 is 0 Å². The maximum atomic E-state index is 14.6. The molecule has 0 bridgehead atoms. The minimum Gasteiger partial charge on any atom is -0.335 e. The predicted octanol–water partition coefficient (Wildman–Crippen LogP) is 4.33. The molecule has 0 aliphatic heterocycles. The third kappa shape index (κ3) is 4.32. The molecule has 0 saturated heterocycles. The van der Waals surface area contributed by atoms with Gasteiger partial charge in [0.05, 0.1) is 28.4 Å². The molecule has 0 spiro atoms. The number of pyridine rings is 3. The number of halogens is 1. The Kier molecular flexibility index (Phi) is 5.67. The van der Waals surface area contributed by atoms with E-state index >= 15 is 0 Å². The van der Waals surface area contributed by atoms with Gasteiger partial charge in [-0.15, -0.1) is 0 Å². The molecule has 5 heterocycles. The summed E-state index contributed by atoms with van der Waals surface area (Å²) in [6, 6.07) is 12.2. The van der Waals surface area contributed by atoms with Gasteiger partial charge < -0.3 is 15.6 Å². The lowest BCUT2D eigenvalue weighted by Crippen LogP contribution is -2.26. The molecule has 4 N–H and O–H groups in total. The van der Waals surface area contributed by atoms with Crippen molar-refractivity contribution in [3.05, 3.63) is 78.6 Å². The zero-order valence-corrected chi connectivity index (χ0v) is 20.3. The number of hydrogen-bond donors (Lipinski definition) is 3. The molecule has 0 aliphatic rings. The van der Waals surface area contributed by atoms with Crippen molar-refractivity contribution in [3.63, 3.8) is 0 Å². The highest BCUT2D eigenvalue weighted by molar-refractivity contribution is 5.95. The monoisotopic (exact) mass is 493 g/mol. The summed E-state index contributed by atoms with van der Waals surface area (Å²) in [5.74, 6) is 0.177. The molecule has 10 heteroatoms. The van der Waals surface area contributed by atoms with E-state index in [1.54, 1.807) is 24.8 Å². The number of nitrogens with one attached hydrogen (secondary N) is 2. The molecule has 0 radical (unpaired) electrons. The van der Waals surface area contributed by atoms with E-state index in [0.29, 0.717) is 51.3 Å². The summed E-state index contributed by atoms with van der Waals surface area (Å²) in [6.07, 6.45) is 6.84. The quantitative estimate of drug-likeness (QED) is 0.315. The number of H-pyrrole nitrogens is 2. The van der Waals surface area contributed by atoms with Crippen LogP contribution >= 0.6 is 0 Å². The molecule has 0 fully saturated rings. The van der Waals surface area contributed by atoms with Crippen molar-refractivity contribution in [1.82, 2.24) is 40.0 Å². The summed E-state index contributed by atoms with van der Waals surface area (Å²) >= 11 is 0. The van der Waals surface area contributed by atoms with Gasteiger partial charge in [-0.3, -0.25) is 15.1 Å². The summed E-state index contributed by atoms with van der Waals surface area (Å²) in [7, 11) is 3.87. The van der Waals surface area contributed by atoms with E-state index < -0.39 is 0 Å². The van der Waals surface area contributed by atoms with Crippen molar-refractivity contribution in [1.29, 1.82) is 0 Å². The van der Waals surface area contributed by atoms with E-state index in [-0.39, 0.29) is 11.9 Å². The van der Waals surface area contributed by atoms with Crippen molar-refractivity contribution in [2.45, 2.75) is 6.04 Å². The highest BCUT2D eigenvalue weighted by atomic mass is 19.1. The fourth-order valence-electron chi connectivity index (χ4n) is 4.48. The van der Waals surface area contributed by atoms with Crippen molar-refractivity contribution >= 4 is 22.1 Å². The first-order valence-electron chi connectivity index (χ1n) is 11.8. The molecule has 1 aromatic carbocycles. The molecular weight excluding hydrogens is 469 g/mol. The van der Waals surface area contributed by atoms with E-state index in [0.717, 1.165) is 16.8 Å². The smallest absolute Gasteiger partial charge is 0.161 e. The van der Waals surface area contributed by atoms with E-state index in [4.69, 9.17) is 15.7 Å². The highest BCUT2D eigenvalue weighted by Gasteiger charge is 2.18. The summed E-state index contributed by atoms with van der Waals surface area (Å²) in [5.41, 5.74) is 13.6. The largest absolute Gasteiger partial charge is 0.335 e. The number of likely N-dealkylation sites (N-methyl/N-ethyl adjacent to an activating group) is 1. The molecule has 1 atom stereocenters. The maximum absolute atomic E-state index is 14.6. The Balaban J connectivity index is 1.45. The Labute approximate surface area is 211 Å². The molecule has 6 rings (SSSR count). The molecular formula is C27H24FN9. The molecule has 5 aromatic heterocycles. The minimum absolute atomic E-state index is 0.331. The molecule has 0 saturated carbocycles. The van der Waals surface area contributed by atoms with Gasteiger partial charge in [0.25, 0.3) is 0 Å². The summed E-state index contributed by atoms with van der Waals surface area (Å²) < 4.78 is 14.6. The van der Waals surface area contributed by atoms with E-state index in [2.05, 4.69) is 25.1 Å². The van der Waals surface area contributed by atoms with Crippen LogP contribution in [0.5, 0.6) is 0 Å². The van der Waals surface area contributed by atoms with Gasteiger partial charge in [0.1, 0.15) is 11.3 Å². The van der Waals surface area contributed by atoms with Crippen LogP contribution in [0.25, 0.3) is 56.0 Å². The average Bonchev–Trinajstić information content (AvgIpc) is 3.52. The van der Waals surface area contributed by atoms with Gasteiger partial charge in [0, 0.05) is 42.3 Å². The predicted molar refractivity (Wildman–Crippen MR) is 141 cm³/mol. The lowest BCUT2D eigenvalue weighted by atomic mass is 9.99. The highest BCUT2D eigenvalue weighted by Crippen LogP contribution is 2.32. The van der Waals surface area contributed by atoms with Gasteiger partial charge in [0.15, 0.2) is 11.5 Å². The Bertz CT molecular complexity index is 1720. The van der Waals surface area contributed by atoms with Crippen LogP contribution in [0.2, 0.25) is 0 Å². The fraction of sp³-hybridized carbons (Fsp3) is 0.148. The molecule has 6 aromatic rings. The Morgan fingerprint density at radius 3 is 2.57 bits per heavy atom. The number of imidazole rings is 1. The van der Waals surface area contributed by atoms with Crippen LogP contribution in [0.4, 0.5) is 4.39 Å². The van der Waals surface area contributed by atoms with Crippen LogP contribution in [0.3, 0.4) is 0 Å². The second-order valence-electron chi connectivity index (χ2n) is 9.21. The van der Waals surface area contributed by atoms with Crippen LogP contribution in [-0.4, -0.2) is 60.7 Å². The third-order valence-corrected chi connectivity index (χ3v) is 6.22. The topological polar surface area (TPSA) is 125 Å². The normalized spacial score (nSPS) is 12.6. The van der Waals surface area contributed by atoms with Crippen LogP contribution in [0, 0.1) is 5.82 Å². The lowest BCUT2D eigenvalue weighted by molar-refractivity contribution is 0.376. The maximum Gasteiger partial charge on any atom is 0.161 e. The number of aromatic amines is 2. The first-order chi connectivity index (χ1) is 18.0. The van der Waals surface area contributed by atoms with Crippen molar-refractivity contribution < 1.29 is 4.39 Å². The Morgan fingerprint density at radius 2 is 1.76 bits per heavy atom. The first-order valence-corrected chi connectivity index (χ1v) is 11.8. The number of hydrogen-bond acceptors (Lipinski definition) is 7. The van der Waals surface area contributed by atoms with Gasteiger partial charge in [-0.2, -0.15) is 5.10 Å². The average molecular weight is 494 g/mol. The summed E-state index contributed by atoms with van der Waals surface area (Å²) in [4.78, 5) is 23.4. The molecule has 0 amide bonds. The van der Waals surface area contributed by atoms with Crippen LogP contribution in [0.1, 0.15) is 11.6 Å². The van der Waals surface area contributed by atoms with E-state index in [9.17, 15) is 4.39 Å². The lowest BCUT2D eigenvalue weighted by Gasteiger charge is -2.18. The first kappa shape index (κ1) is 22.9. The van der Waals surface area contributed by atoms with E-state index in [1.165, 1.54) is 12.1 Å². The third-order valence-electron chi connectivity index (χ3n) is 6.22. The van der Waals surface area contributed by atoms with Gasteiger partial charge in [0.2, 0.25) is 0 Å². The molecule has 1 unspecified atom stereocenters. The second kappa shape index (κ2) is 9.16. The zero-order chi connectivity index (χ0) is 25.5. The Morgan fingerprint density at radius 1 is 0.919 bits per heavy atom. The van der Waals surface area contributed by atoms with Crippen molar-refractivity contribution in [2.24, 2.45) is 5.73 Å². The zero-order valence-electron chi connectivity index (χ0n) is 20.3. The fourth-order valence-corrected chi connectivity index (χ4v) is 4.48. The molecule has 0 aliphatic carbocycles. The van der Waals surface area contributed by atoms with Crippen molar-refractivity contribution in [3.8, 4) is 33.9 Å². The molecule has 37 heavy (non-hydrogen) atoms. The number of nitrogens with two attached hydrogens (primary N) is 1. The van der Waals surface area contributed by atoms with Gasteiger partial charge in [-0.1, -0.05) is 0 Å². The molecule has 9 nitrogen and oxygen atoms in total.